The lowest BCUT2D eigenvalue weighted by Gasteiger charge is -2.15. The molecule has 0 saturated carbocycles. The van der Waals surface area contributed by atoms with E-state index in [4.69, 9.17) is 0 Å². The van der Waals surface area contributed by atoms with Crippen LogP contribution in [0, 0.1) is 6.92 Å². The maximum absolute atomic E-state index is 12.2. The summed E-state index contributed by atoms with van der Waals surface area (Å²) in [4.78, 5) is 20.8. The summed E-state index contributed by atoms with van der Waals surface area (Å²) in [5, 5.41) is 6.21. The number of anilines is 1. The summed E-state index contributed by atoms with van der Waals surface area (Å²) in [5.41, 5.74) is 1.56. The molecule has 1 unspecified atom stereocenters. The molecular weight excluding hydrogens is 288 g/mol. The van der Waals surface area contributed by atoms with Crippen molar-refractivity contribution in [1.82, 2.24) is 15.3 Å². The van der Waals surface area contributed by atoms with E-state index in [2.05, 4.69) is 46.6 Å². The highest BCUT2D eigenvalue weighted by Gasteiger charge is 2.12. The lowest BCUT2D eigenvalue weighted by Crippen LogP contribution is -2.26. The van der Waals surface area contributed by atoms with Crippen molar-refractivity contribution < 1.29 is 4.79 Å². The lowest BCUT2D eigenvalue weighted by molar-refractivity contribution is 0.0948. The van der Waals surface area contributed by atoms with Crippen LogP contribution in [0.2, 0.25) is 0 Å². The molecule has 122 valence electrons. The average molecular weight is 312 g/mol. The zero-order valence-corrected chi connectivity index (χ0v) is 14.0. The Morgan fingerprint density at radius 3 is 2.65 bits per heavy atom. The first-order valence-corrected chi connectivity index (χ1v) is 8.05. The number of aromatic nitrogens is 2. The third kappa shape index (κ3) is 5.06. The van der Waals surface area contributed by atoms with E-state index in [0.29, 0.717) is 23.9 Å². The van der Waals surface area contributed by atoms with Gasteiger partial charge in [0.2, 0.25) is 0 Å². The van der Waals surface area contributed by atoms with Crippen LogP contribution in [0.15, 0.2) is 36.4 Å². The normalized spacial score (nSPS) is 11.8. The molecule has 0 spiro atoms. The second kappa shape index (κ2) is 8.27. The minimum Gasteiger partial charge on any atom is -0.363 e. The lowest BCUT2D eigenvalue weighted by atomic mass is 10.1. The second-order valence-electron chi connectivity index (χ2n) is 5.57. The second-order valence-corrected chi connectivity index (χ2v) is 5.57. The van der Waals surface area contributed by atoms with E-state index in [9.17, 15) is 4.79 Å². The van der Waals surface area contributed by atoms with E-state index in [0.717, 1.165) is 18.4 Å². The highest BCUT2D eigenvalue weighted by molar-refractivity contribution is 5.92. The average Bonchev–Trinajstić information content (AvgIpc) is 2.55. The zero-order valence-electron chi connectivity index (χ0n) is 14.0. The molecule has 0 radical (unpaired) electrons. The van der Waals surface area contributed by atoms with Gasteiger partial charge in [0.1, 0.15) is 17.3 Å². The van der Waals surface area contributed by atoms with E-state index < -0.39 is 0 Å². The summed E-state index contributed by atoms with van der Waals surface area (Å²) >= 11 is 0. The van der Waals surface area contributed by atoms with Crippen molar-refractivity contribution >= 4 is 11.7 Å². The molecule has 0 saturated heterocycles. The van der Waals surface area contributed by atoms with Gasteiger partial charge in [-0.25, -0.2) is 9.97 Å². The number of nitrogens with one attached hydrogen (secondary N) is 2. The quantitative estimate of drug-likeness (QED) is 0.768. The Hall–Kier alpha value is -2.43. The van der Waals surface area contributed by atoms with Crippen molar-refractivity contribution in [2.24, 2.45) is 0 Å². The highest BCUT2D eigenvalue weighted by Crippen LogP contribution is 2.18. The number of unbranched alkanes of at least 4 members (excludes halogenated alkanes) is 1. The van der Waals surface area contributed by atoms with Crippen LogP contribution in [0.3, 0.4) is 0 Å². The van der Waals surface area contributed by atoms with Gasteiger partial charge in [-0.3, -0.25) is 4.79 Å². The van der Waals surface area contributed by atoms with Crippen LogP contribution in [-0.4, -0.2) is 22.4 Å². The molecule has 1 heterocycles. The van der Waals surface area contributed by atoms with Crippen molar-refractivity contribution in [3.05, 3.63) is 53.5 Å². The molecule has 0 aliphatic carbocycles. The molecule has 1 atom stereocenters. The largest absolute Gasteiger partial charge is 0.363 e. The van der Waals surface area contributed by atoms with Crippen LogP contribution in [0.4, 0.5) is 5.82 Å². The number of aryl methyl sites for hydroxylation is 1. The topological polar surface area (TPSA) is 66.9 Å². The Morgan fingerprint density at radius 1 is 1.22 bits per heavy atom. The third-order valence-electron chi connectivity index (χ3n) is 3.55. The minimum atomic E-state index is -0.153. The summed E-state index contributed by atoms with van der Waals surface area (Å²) in [5.74, 6) is 1.09. The maximum Gasteiger partial charge on any atom is 0.270 e. The van der Waals surface area contributed by atoms with Crippen LogP contribution < -0.4 is 10.6 Å². The molecule has 0 fully saturated rings. The summed E-state index contributed by atoms with van der Waals surface area (Å²) in [6.45, 7) is 6.62. The predicted octanol–water partition coefficient (Wildman–Crippen LogP) is 3.49. The van der Waals surface area contributed by atoms with Crippen LogP contribution in [-0.2, 0) is 0 Å². The Morgan fingerprint density at radius 2 is 1.96 bits per heavy atom. The number of hydrogen-bond donors (Lipinski definition) is 2. The molecular formula is C18H24N4O. The van der Waals surface area contributed by atoms with Crippen molar-refractivity contribution in [3.63, 3.8) is 0 Å². The van der Waals surface area contributed by atoms with Gasteiger partial charge in [0.15, 0.2) is 0 Å². The smallest absolute Gasteiger partial charge is 0.270 e. The van der Waals surface area contributed by atoms with Gasteiger partial charge in [-0.1, -0.05) is 43.7 Å². The van der Waals surface area contributed by atoms with Crippen LogP contribution in [0.25, 0.3) is 0 Å². The SMILES string of the molecule is CCCCNC(=O)c1cc(NC(C)c2ccccc2)nc(C)n1. The number of hydrogen-bond acceptors (Lipinski definition) is 4. The number of benzene rings is 1. The van der Waals surface area contributed by atoms with E-state index in [-0.39, 0.29) is 11.9 Å². The molecule has 1 amide bonds. The van der Waals surface area contributed by atoms with E-state index >= 15 is 0 Å². The van der Waals surface area contributed by atoms with Crippen LogP contribution >= 0.6 is 0 Å². The summed E-state index contributed by atoms with van der Waals surface area (Å²) < 4.78 is 0. The molecule has 1 aromatic carbocycles. The van der Waals surface area contributed by atoms with Crippen molar-refractivity contribution in [2.45, 2.75) is 39.7 Å². The van der Waals surface area contributed by atoms with Crippen molar-refractivity contribution in [3.8, 4) is 0 Å². The summed E-state index contributed by atoms with van der Waals surface area (Å²) in [6, 6.07) is 11.9. The van der Waals surface area contributed by atoms with Gasteiger partial charge >= 0.3 is 0 Å². The number of rotatable bonds is 7. The van der Waals surface area contributed by atoms with Crippen LogP contribution in [0.5, 0.6) is 0 Å². The first kappa shape index (κ1) is 16.9. The molecule has 5 nitrogen and oxygen atoms in total. The van der Waals surface area contributed by atoms with Crippen molar-refractivity contribution in [1.29, 1.82) is 0 Å². The van der Waals surface area contributed by atoms with Gasteiger partial charge in [-0.05, 0) is 25.8 Å². The highest BCUT2D eigenvalue weighted by atomic mass is 16.1. The van der Waals surface area contributed by atoms with Gasteiger partial charge in [-0.2, -0.15) is 0 Å². The molecule has 0 bridgehead atoms. The third-order valence-corrected chi connectivity index (χ3v) is 3.55. The molecule has 2 aromatic rings. The van der Waals surface area contributed by atoms with E-state index in [1.165, 1.54) is 0 Å². The molecule has 0 aliphatic rings. The summed E-state index contributed by atoms with van der Waals surface area (Å²) in [6.07, 6.45) is 2.01. The summed E-state index contributed by atoms with van der Waals surface area (Å²) in [7, 11) is 0. The Labute approximate surface area is 137 Å². The number of carbonyl (C=O) groups is 1. The van der Waals surface area contributed by atoms with Crippen molar-refractivity contribution in [2.75, 3.05) is 11.9 Å². The Kier molecular flexibility index (Phi) is 6.09. The van der Waals surface area contributed by atoms with E-state index in [1.54, 1.807) is 13.0 Å². The first-order valence-electron chi connectivity index (χ1n) is 8.05. The zero-order chi connectivity index (χ0) is 16.7. The van der Waals surface area contributed by atoms with Crippen LogP contribution in [0.1, 0.15) is 54.6 Å². The van der Waals surface area contributed by atoms with Gasteiger partial charge in [-0.15, -0.1) is 0 Å². The van der Waals surface area contributed by atoms with Gasteiger partial charge < -0.3 is 10.6 Å². The molecule has 23 heavy (non-hydrogen) atoms. The molecule has 1 aromatic heterocycles. The van der Waals surface area contributed by atoms with Gasteiger partial charge in [0, 0.05) is 18.7 Å². The first-order chi connectivity index (χ1) is 11.1. The monoisotopic (exact) mass is 312 g/mol. The fraction of sp³-hybridized carbons (Fsp3) is 0.389. The fourth-order valence-electron chi connectivity index (χ4n) is 2.27. The van der Waals surface area contributed by atoms with Gasteiger partial charge in [0.05, 0.1) is 0 Å². The Balaban J connectivity index is 2.09. The predicted molar refractivity (Wildman–Crippen MR) is 92.5 cm³/mol. The molecule has 0 aliphatic heterocycles. The molecule has 5 heteroatoms. The number of carbonyl (C=O) groups excluding carboxylic acids is 1. The standard InChI is InChI=1S/C18H24N4O/c1-4-5-11-19-18(23)16-12-17(22-14(3)21-16)20-13(2)15-9-7-6-8-10-15/h6-10,12-13H,4-5,11H2,1-3H3,(H,19,23)(H,20,21,22). The molecule has 2 N–H and O–H groups in total. The maximum atomic E-state index is 12.2. The number of amides is 1. The Bertz CT molecular complexity index is 643. The molecule has 2 rings (SSSR count). The van der Waals surface area contributed by atoms with E-state index in [1.807, 2.05) is 18.2 Å². The fourth-order valence-corrected chi connectivity index (χ4v) is 2.27. The van der Waals surface area contributed by atoms with Gasteiger partial charge in [0.25, 0.3) is 5.91 Å². The minimum absolute atomic E-state index is 0.0986. The number of nitrogens with zero attached hydrogens (tertiary/aromatic N) is 2.